The van der Waals surface area contributed by atoms with Crippen molar-refractivity contribution in [2.24, 2.45) is 0 Å². The summed E-state index contributed by atoms with van der Waals surface area (Å²) in [5.74, 6) is 6.01. The van der Waals surface area contributed by atoms with E-state index in [9.17, 15) is 0 Å². The first-order valence-electron chi connectivity index (χ1n) is 7.22. The number of benzene rings is 1. The summed E-state index contributed by atoms with van der Waals surface area (Å²) >= 11 is 0. The van der Waals surface area contributed by atoms with E-state index in [2.05, 4.69) is 48.1 Å². The molecule has 1 aliphatic heterocycles. The van der Waals surface area contributed by atoms with Gasteiger partial charge in [0.25, 0.3) is 0 Å². The zero-order chi connectivity index (χ0) is 14.2. The molecule has 20 heavy (non-hydrogen) atoms. The zero-order valence-corrected chi connectivity index (χ0v) is 12.4. The molecule has 1 aromatic carbocycles. The average Bonchev–Trinajstić information content (AvgIpc) is 2.52. The normalized spacial score (nSPS) is 15.5. The smallest absolute Gasteiger partial charge is 0.157 e. The highest BCUT2D eigenvalue weighted by Gasteiger charge is 2.13. The molecule has 3 heteroatoms. The number of aryl methyl sites for hydroxylation is 1. The summed E-state index contributed by atoms with van der Waals surface area (Å²) in [7, 11) is 2.07. The van der Waals surface area contributed by atoms with Gasteiger partial charge in [-0.2, -0.15) is 0 Å². The summed E-state index contributed by atoms with van der Waals surface area (Å²) < 4.78 is 11.2. The van der Waals surface area contributed by atoms with Crippen LogP contribution in [-0.4, -0.2) is 33.1 Å². The first-order valence-corrected chi connectivity index (χ1v) is 7.22. The Morgan fingerprint density at radius 1 is 1.30 bits per heavy atom. The number of hydrogen-bond donors (Lipinski definition) is 0. The maximum absolute atomic E-state index is 5.58. The third-order valence-corrected chi connectivity index (χ3v) is 3.41. The Morgan fingerprint density at radius 2 is 2.10 bits per heavy atom. The topological polar surface area (TPSA) is 21.7 Å². The van der Waals surface area contributed by atoms with Crippen LogP contribution in [0.4, 0.5) is 5.69 Å². The SMILES string of the molecule is CC#CCN(C)c1cccc(CCC2OCCCO2)c1. The Bertz CT molecular complexity index is 469. The Kier molecular flexibility index (Phi) is 5.91. The molecule has 0 bridgehead atoms. The molecule has 1 saturated heterocycles. The van der Waals surface area contributed by atoms with E-state index in [1.165, 1.54) is 11.3 Å². The molecule has 0 radical (unpaired) electrons. The molecule has 1 fully saturated rings. The largest absolute Gasteiger partial charge is 0.363 e. The standard InChI is InChI=1S/C17H23NO2/c1-3-4-11-18(2)16-8-5-7-15(14-16)9-10-17-19-12-6-13-20-17/h5,7-8,14,17H,6,9-13H2,1-2H3. The van der Waals surface area contributed by atoms with E-state index in [1.54, 1.807) is 0 Å². The fraction of sp³-hybridized carbons (Fsp3) is 0.529. The second kappa shape index (κ2) is 7.94. The zero-order valence-electron chi connectivity index (χ0n) is 12.4. The van der Waals surface area contributed by atoms with Crippen molar-refractivity contribution < 1.29 is 9.47 Å². The molecule has 0 spiro atoms. The van der Waals surface area contributed by atoms with Crippen molar-refractivity contribution in [2.45, 2.75) is 32.5 Å². The van der Waals surface area contributed by atoms with Crippen molar-refractivity contribution >= 4 is 5.69 Å². The Morgan fingerprint density at radius 3 is 2.85 bits per heavy atom. The lowest BCUT2D eigenvalue weighted by Gasteiger charge is -2.23. The second-order valence-electron chi connectivity index (χ2n) is 5.02. The van der Waals surface area contributed by atoms with Gasteiger partial charge in [-0.15, -0.1) is 5.92 Å². The third-order valence-electron chi connectivity index (χ3n) is 3.41. The molecule has 0 saturated carbocycles. The molecule has 1 heterocycles. The van der Waals surface area contributed by atoms with Gasteiger partial charge in [-0.1, -0.05) is 18.1 Å². The minimum Gasteiger partial charge on any atom is -0.363 e. The van der Waals surface area contributed by atoms with Crippen molar-refractivity contribution in [3.05, 3.63) is 29.8 Å². The number of hydrogen-bond acceptors (Lipinski definition) is 3. The summed E-state index contributed by atoms with van der Waals surface area (Å²) in [6.45, 7) is 4.27. The van der Waals surface area contributed by atoms with Crippen molar-refractivity contribution in [3.63, 3.8) is 0 Å². The van der Waals surface area contributed by atoms with Crippen LogP contribution < -0.4 is 4.90 Å². The molecule has 0 aromatic heterocycles. The molecule has 0 amide bonds. The van der Waals surface area contributed by atoms with E-state index in [1.807, 2.05) is 6.92 Å². The van der Waals surface area contributed by atoms with E-state index in [-0.39, 0.29) is 6.29 Å². The number of anilines is 1. The number of ether oxygens (including phenoxy) is 2. The predicted octanol–water partition coefficient (Wildman–Crippen LogP) is 2.84. The van der Waals surface area contributed by atoms with Gasteiger partial charge in [0.1, 0.15) is 0 Å². The molecule has 3 nitrogen and oxygen atoms in total. The van der Waals surface area contributed by atoms with Gasteiger partial charge in [-0.25, -0.2) is 0 Å². The molecular formula is C17H23NO2. The highest BCUT2D eigenvalue weighted by atomic mass is 16.7. The minimum atomic E-state index is -0.0314. The Labute approximate surface area is 121 Å². The van der Waals surface area contributed by atoms with Crippen LogP contribution in [-0.2, 0) is 15.9 Å². The summed E-state index contributed by atoms with van der Waals surface area (Å²) in [6.07, 6.45) is 2.87. The van der Waals surface area contributed by atoms with Gasteiger partial charge in [0.2, 0.25) is 0 Å². The first kappa shape index (κ1) is 14.9. The van der Waals surface area contributed by atoms with Crippen LogP contribution >= 0.6 is 0 Å². The molecule has 108 valence electrons. The van der Waals surface area contributed by atoms with Crippen molar-refractivity contribution in [1.82, 2.24) is 0 Å². The van der Waals surface area contributed by atoms with E-state index in [0.29, 0.717) is 0 Å². The monoisotopic (exact) mass is 273 g/mol. The maximum atomic E-state index is 5.58. The summed E-state index contributed by atoms with van der Waals surface area (Å²) in [4.78, 5) is 2.16. The van der Waals surface area contributed by atoms with Gasteiger partial charge in [0.15, 0.2) is 6.29 Å². The number of nitrogens with zero attached hydrogens (tertiary/aromatic N) is 1. The molecule has 1 aliphatic rings. The van der Waals surface area contributed by atoms with Gasteiger partial charge in [0, 0.05) is 19.2 Å². The van der Waals surface area contributed by atoms with E-state index in [4.69, 9.17) is 9.47 Å². The molecule has 0 aliphatic carbocycles. The lowest BCUT2D eigenvalue weighted by atomic mass is 10.1. The van der Waals surface area contributed by atoms with Crippen LogP contribution in [0.15, 0.2) is 24.3 Å². The maximum Gasteiger partial charge on any atom is 0.157 e. The van der Waals surface area contributed by atoms with Crippen molar-refractivity contribution in [3.8, 4) is 11.8 Å². The van der Waals surface area contributed by atoms with Crippen LogP contribution in [0.1, 0.15) is 25.3 Å². The van der Waals surface area contributed by atoms with Gasteiger partial charge in [-0.3, -0.25) is 0 Å². The lowest BCUT2D eigenvalue weighted by Crippen LogP contribution is -2.25. The average molecular weight is 273 g/mol. The third kappa shape index (κ3) is 4.56. The van der Waals surface area contributed by atoms with Crippen molar-refractivity contribution in [1.29, 1.82) is 0 Å². The number of rotatable bonds is 5. The lowest BCUT2D eigenvalue weighted by molar-refractivity contribution is -0.180. The fourth-order valence-corrected chi connectivity index (χ4v) is 2.23. The van der Waals surface area contributed by atoms with Gasteiger partial charge >= 0.3 is 0 Å². The van der Waals surface area contributed by atoms with Crippen LogP contribution in [0.5, 0.6) is 0 Å². The fourth-order valence-electron chi connectivity index (χ4n) is 2.23. The summed E-state index contributed by atoms with van der Waals surface area (Å²) in [6, 6.07) is 8.60. The van der Waals surface area contributed by atoms with Crippen LogP contribution in [0.2, 0.25) is 0 Å². The highest BCUT2D eigenvalue weighted by molar-refractivity contribution is 5.49. The second-order valence-corrected chi connectivity index (χ2v) is 5.02. The van der Waals surface area contributed by atoms with Crippen LogP contribution in [0, 0.1) is 11.8 Å². The summed E-state index contributed by atoms with van der Waals surface area (Å²) in [5, 5.41) is 0. The minimum absolute atomic E-state index is 0.0314. The van der Waals surface area contributed by atoms with Gasteiger partial charge in [0.05, 0.1) is 19.8 Å². The summed E-state index contributed by atoms with van der Waals surface area (Å²) in [5.41, 5.74) is 2.52. The van der Waals surface area contributed by atoms with Gasteiger partial charge in [-0.05, 0) is 37.5 Å². The highest BCUT2D eigenvalue weighted by Crippen LogP contribution is 2.18. The van der Waals surface area contributed by atoms with E-state index in [0.717, 1.165) is 39.0 Å². The Balaban J connectivity index is 1.89. The quantitative estimate of drug-likeness (QED) is 0.770. The molecule has 2 rings (SSSR count). The molecule has 0 atom stereocenters. The van der Waals surface area contributed by atoms with Crippen molar-refractivity contribution in [2.75, 3.05) is 31.7 Å². The molecule has 0 N–H and O–H groups in total. The molecular weight excluding hydrogens is 250 g/mol. The first-order chi connectivity index (χ1) is 9.79. The van der Waals surface area contributed by atoms with E-state index >= 15 is 0 Å². The molecule has 0 unspecified atom stereocenters. The Hall–Kier alpha value is -1.50. The van der Waals surface area contributed by atoms with Crippen LogP contribution in [0.25, 0.3) is 0 Å². The molecule has 1 aromatic rings. The van der Waals surface area contributed by atoms with E-state index < -0.39 is 0 Å². The predicted molar refractivity (Wildman–Crippen MR) is 81.8 cm³/mol. The van der Waals surface area contributed by atoms with Crippen LogP contribution in [0.3, 0.4) is 0 Å². The van der Waals surface area contributed by atoms with Gasteiger partial charge < -0.3 is 14.4 Å².